The van der Waals surface area contributed by atoms with Gasteiger partial charge in [-0.3, -0.25) is 4.79 Å². The Labute approximate surface area is 51.0 Å². The van der Waals surface area contributed by atoms with Crippen LogP contribution >= 0.6 is 0 Å². The second-order valence-electron chi connectivity index (χ2n) is 1.48. The molecule has 0 saturated carbocycles. The van der Waals surface area contributed by atoms with E-state index in [9.17, 15) is 4.79 Å². The summed E-state index contributed by atoms with van der Waals surface area (Å²) < 4.78 is 0. The molecule has 48 valence electrons. The van der Waals surface area contributed by atoms with Crippen molar-refractivity contribution in [1.29, 1.82) is 0 Å². The highest BCUT2D eigenvalue weighted by Gasteiger charge is 2.08. The number of nitrogens with one attached hydrogen (secondary N) is 1. The van der Waals surface area contributed by atoms with E-state index in [1.807, 2.05) is 0 Å². The van der Waals surface area contributed by atoms with E-state index < -0.39 is 6.29 Å². The molecule has 1 amide bonds. The van der Waals surface area contributed by atoms with Gasteiger partial charge in [0.15, 0.2) is 0 Å². The summed E-state index contributed by atoms with van der Waals surface area (Å²) in [5.41, 5.74) is 0. The van der Waals surface area contributed by atoms with E-state index in [0.717, 1.165) is 0 Å². The van der Waals surface area contributed by atoms with Gasteiger partial charge >= 0.3 is 0 Å². The fourth-order valence-electron chi connectivity index (χ4n) is 0.407. The van der Waals surface area contributed by atoms with Crippen molar-refractivity contribution in [1.82, 2.24) is 5.32 Å². The van der Waals surface area contributed by atoms with Crippen LogP contribution in [0.5, 0.6) is 0 Å². The van der Waals surface area contributed by atoms with Gasteiger partial charge in [0.05, 0.1) is 0 Å². The van der Waals surface area contributed by atoms with E-state index in [-0.39, 0.29) is 5.91 Å². The Bertz CT molecular complexity index is 161. The molecule has 1 heterocycles. The molecule has 0 atom stereocenters. The van der Waals surface area contributed by atoms with E-state index in [1.165, 1.54) is 6.92 Å². The molecule has 1 N–H and O–H groups in total. The lowest BCUT2D eigenvalue weighted by atomic mass is 10.7. The summed E-state index contributed by atoms with van der Waals surface area (Å²) in [4.78, 5) is 10.3. The van der Waals surface area contributed by atoms with Crippen molar-refractivity contribution in [3.8, 4) is 0 Å². The molecule has 1 aliphatic heterocycles. The Kier molecular flexibility index (Phi) is 1.48. The second kappa shape index (κ2) is 2.29. The zero-order valence-corrected chi connectivity index (χ0v) is 4.77. The van der Waals surface area contributed by atoms with Gasteiger partial charge in [-0.15, -0.1) is 10.2 Å². The maximum atomic E-state index is 10.3. The van der Waals surface area contributed by atoms with Crippen LogP contribution < -0.4 is 5.32 Å². The lowest BCUT2D eigenvalue weighted by molar-refractivity contribution is -0.119. The number of nitrogens with zero attached hydrogens (tertiary/aromatic N) is 4. The van der Waals surface area contributed by atoms with Crippen LogP contribution in [0.3, 0.4) is 0 Å². The van der Waals surface area contributed by atoms with Gasteiger partial charge < -0.3 is 5.32 Å². The zero-order valence-electron chi connectivity index (χ0n) is 4.77. The van der Waals surface area contributed by atoms with Gasteiger partial charge in [0.2, 0.25) is 5.91 Å². The Morgan fingerprint density at radius 2 is 2.00 bits per heavy atom. The Balaban J connectivity index is 2.37. The molecule has 0 aromatic heterocycles. The Hall–Kier alpha value is -1.33. The Morgan fingerprint density at radius 1 is 1.44 bits per heavy atom. The van der Waals surface area contributed by atoms with Crippen molar-refractivity contribution in [3.63, 3.8) is 0 Å². The maximum absolute atomic E-state index is 10.3. The minimum Gasteiger partial charge on any atom is -0.313 e. The summed E-state index contributed by atoms with van der Waals surface area (Å²) in [5, 5.41) is 15.6. The van der Waals surface area contributed by atoms with Crippen molar-refractivity contribution >= 4 is 5.91 Å². The molecule has 9 heavy (non-hydrogen) atoms. The van der Waals surface area contributed by atoms with Gasteiger partial charge in [-0.1, -0.05) is 0 Å². The maximum Gasteiger partial charge on any atom is 0.258 e. The third-order valence-electron chi connectivity index (χ3n) is 0.694. The molecule has 0 bridgehead atoms. The summed E-state index contributed by atoms with van der Waals surface area (Å²) in [7, 11) is 0. The summed E-state index contributed by atoms with van der Waals surface area (Å²) >= 11 is 0. The molecule has 0 aromatic carbocycles. The third kappa shape index (κ3) is 1.56. The standard InChI is InChI=1S/C3H5N5O/c1-2(9)4-3-5-7-8-6-3/h3H,1H3,(H,4,9). The predicted octanol–water partition coefficient (Wildman–Crippen LogP) is 0.239. The number of carbonyl (C=O) groups excluding carboxylic acids is 1. The molecule has 0 aliphatic carbocycles. The number of hydrogen-bond donors (Lipinski definition) is 1. The summed E-state index contributed by atoms with van der Waals surface area (Å²) in [5.74, 6) is -0.195. The number of amides is 1. The smallest absolute Gasteiger partial charge is 0.258 e. The molecule has 0 radical (unpaired) electrons. The fourth-order valence-corrected chi connectivity index (χ4v) is 0.407. The third-order valence-corrected chi connectivity index (χ3v) is 0.694. The van der Waals surface area contributed by atoms with Crippen LogP contribution in [0, 0.1) is 0 Å². The predicted molar refractivity (Wildman–Crippen MR) is 27.3 cm³/mol. The van der Waals surface area contributed by atoms with Gasteiger partial charge in [-0.05, 0) is 10.4 Å². The molecular weight excluding hydrogens is 122 g/mol. The van der Waals surface area contributed by atoms with Crippen molar-refractivity contribution in [2.24, 2.45) is 20.7 Å². The zero-order chi connectivity index (χ0) is 6.69. The minimum absolute atomic E-state index is 0.195. The van der Waals surface area contributed by atoms with Crippen LogP contribution in [0.25, 0.3) is 0 Å². The first kappa shape index (κ1) is 5.80. The van der Waals surface area contributed by atoms with Gasteiger partial charge in [-0.25, -0.2) is 0 Å². The van der Waals surface area contributed by atoms with Crippen molar-refractivity contribution in [2.45, 2.75) is 13.2 Å². The van der Waals surface area contributed by atoms with Crippen LogP contribution in [-0.2, 0) is 4.79 Å². The van der Waals surface area contributed by atoms with Gasteiger partial charge in [0, 0.05) is 6.92 Å². The SMILES string of the molecule is CC(=O)NC1N=NN=N1. The van der Waals surface area contributed by atoms with Crippen molar-refractivity contribution in [3.05, 3.63) is 0 Å². The highest BCUT2D eigenvalue weighted by atomic mass is 16.1. The van der Waals surface area contributed by atoms with E-state index >= 15 is 0 Å². The quantitative estimate of drug-likeness (QED) is 0.538. The minimum atomic E-state index is -0.595. The lowest BCUT2D eigenvalue weighted by Crippen LogP contribution is -2.28. The molecule has 0 aromatic rings. The molecule has 6 nitrogen and oxygen atoms in total. The molecule has 0 unspecified atom stereocenters. The van der Waals surface area contributed by atoms with Gasteiger partial charge in [0.1, 0.15) is 0 Å². The van der Waals surface area contributed by atoms with Crippen LogP contribution in [-0.4, -0.2) is 12.2 Å². The highest BCUT2D eigenvalue weighted by Crippen LogP contribution is 1.99. The monoisotopic (exact) mass is 127 g/mol. The van der Waals surface area contributed by atoms with Gasteiger partial charge in [0.25, 0.3) is 6.29 Å². The summed E-state index contributed by atoms with van der Waals surface area (Å²) in [6.07, 6.45) is -0.595. The van der Waals surface area contributed by atoms with Crippen LogP contribution in [0.2, 0.25) is 0 Å². The normalized spacial score (nSPS) is 16.6. The summed E-state index contributed by atoms with van der Waals surface area (Å²) in [6, 6.07) is 0. The van der Waals surface area contributed by atoms with E-state index in [1.54, 1.807) is 0 Å². The van der Waals surface area contributed by atoms with Crippen LogP contribution in [0.15, 0.2) is 20.7 Å². The number of hydrogen-bond acceptors (Lipinski definition) is 5. The van der Waals surface area contributed by atoms with Crippen molar-refractivity contribution in [2.75, 3.05) is 0 Å². The molecule has 0 spiro atoms. The average molecular weight is 127 g/mol. The fraction of sp³-hybridized carbons (Fsp3) is 0.667. The number of rotatable bonds is 1. The molecule has 1 aliphatic rings. The molecule has 1 rings (SSSR count). The number of carbonyl (C=O) groups is 1. The van der Waals surface area contributed by atoms with Gasteiger partial charge in [-0.2, -0.15) is 0 Å². The van der Waals surface area contributed by atoms with Crippen molar-refractivity contribution < 1.29 is 4.79 Å². The van der Waals surface area contributed by atoms with Crippen LogP contribution in [0.1, 0.15) is 6.92 Å². The Morgan fingerprint density at radius 3 is 2.44 bits per heavy atom. The molecule has 6 heteroatoms. The molecular formula is C3H5N5O. The highest BCUT2D eigenvalue weighted by molar-refractivity contribution is 5.73. The lowest BCUT2D eigenvalue weighted by Gasteiger charge is -1.98. The molecule has 0 fully saturated rings. The first-order chi connectivity index (χ1) is 4.29. The van der Waals surface area contributed by atoms with E-state index in [0.29, 0.717) is 0 Å². The average Bonchev–Trinajstić information content (AvgIpc) is 2.15. The first-order valence-corrected chi connectivity index (χ1v) is 2.36. The summed E-state index contributed by atoms with van der Waals surface area (Å²) in [6.45, 7) is 1.38. The second-order valence-corrected chi connectivity index (χ2v) is 1.48. The topological polar surface area (TPSA) is 78.5 Å². The first-order valence-electron chi connectivity index (χ1n) is 2.36. The van der Waals surface area contributed by atoms with Crippen LogP contribution in [0.4, 0.5) is 0 Å². The van der Waals surface area contributed by atoms with E-state index in [4.69, 9.17) is 0 Å². The largest absolute Gasteiger partial charge is 0.313 e. The van der Waals surface area contributed by atoms with E-state index in [2.05, 4.69) is 26.0 Å². The molecule has 0 saturated heterocycles.